The Balaban J connectivity index is 0.000000152. The number of nitrogens with zero attached hydrogens (tertiary/aromatic N) is 9. The Morgan fingerprint density at radius 3 is 1.09 bits per heavy atom. The van der Waals surface area contributed by atoms with Crippen molar-refractivity contribution in [2.24, 2.45) is 0 Å². The highest BCUT2D eigenvalue weighted by Crippen LogP contribution is 2.36. The molecule has 3 aliphatic heterocycles. The molecular weight excluding hydrogens is 2010 g/mol. The molecule has 0 saturated carbocycles. The van der Waals surface area contributed by atoms with Crippen LogP contribution in [0.3, 0.4) is 0 Å². The molecule has 149 heavy (non-hydrogen) atoms. The molecule has 0 aliphatic carbocycles. The summed E-state index contributed by atoms with van der Waals surface area (Å²) in [5.74, 6) is 3.53. The van der Waals surface area contributed by atoms with Crippen LogP contribution in [-0.2, 0) is 19.0 Å². The van der Waals surface area contributed by atoms with Gasteiger partial charge in [0.05, 0.1) is 153 Å². The number of amides is 5. The molecule has 8 heterocycles. The third-order valence-corrected chi connectivity index (χ3v) is 26.3. The summed E-state index contributed by atoms with van der Waals surface area (Å²) in [7, 11) is 12.5. The number of nitro benzene ring substituents is 1. The number of rotatable bonds is 34. The van der Waals surface area contributed by atoms with Gasteiger partial charge in [0, 0.05) is 154 Å². The Labute approximate surface area is 879 Å². The number of methoxy groups -OCH3 is 8. The van der Waals surface area contributed by atoms with E-state index in [-0.39, 0.29) is 47.2 Å². The lowest BCUT2D eigenvalue weighted by Gasteiger charge is -2.27. The minimum atomic E-state index is -0.894. The maximum atomic E-state index is 12.8. The van der Waals surface area contributed by atoms with Gasteiger partial charge in [-0.15, -0.1) is 56.7 Å². The number of aromatic carboxylic acids is 1. The maximum absolute atomic E-state index is 12.8. The van der Waals surface area contributed by atoms with Gasteiger partial charge in [0.1, 0.15) is 52.6 Å². The van der Waals surface area contributed by atoms with E-state index in [9.17, 15) is 38.9 Å². The summed E-state index contributed by atoms with van der Waals surface area (Å²) in [6.07, 6.45) is 0. The Bertz CT molecular complexity index is 6870. The highest BCUT2D eigenvalue weighted by atomic mass is 32.1. The van der Waals surface area contributed by atoms with Gasteiger partial charge >= 0.3 is 11.7 Å². The second-order valence-electron chi connectivity index (χ2n) is 32.1. The first-order valence-corrected chi connectivity index (χ1v) is 50.8. The number of morpholine rings is 3. The number of carbonyl (C=O) groups excluding carboxylic acids is 5. The molecule has 10 aromatic carbocycles. The lowest BCUT2D eigenvalue weighted by atomic mass is 10.1. The van der Waals surface area contributed by atoms with Crippen LogP contribution in [0.1, 0.15) is 51.8 Å². The number of anilines is 8. The summed E-state index contributed by atoms with van der Waals surface area (Å²) >= 11 is 6.83. The lowest BCUT2D eigenvalue weighted by molar-refractivity contribution is -0.385. The second-order valence-corrected chi connectivity index (χ2v) is 36.5. The molecular formula is C106H111N17O21S5. The first-order chi connectivity index (χ1) is 72.4. The topological polar surface area (TPSA) is 475 Å². The van der Waals surface area contributed by atoms with Crippen LogP contribution in [0.4, 0.5) is 48.4 Å². The molecule has 38 nitrogen and oxygen atoms in total. The second kappa shape index (κ2) is 56.5. The molecule has 0 atom stereocenters. The van der Waals surface area contributed by atoms with Gasteiger partial charge in [-0.1, -0.05) is 0 Å². The summed E-state index contributed by atoms with van der Waals surface area (Å²) in [4.78, 5) is 112. The number of benzene rings is 10. The van der Waals surface area contributed by atoms with Crippen molar-refractivity contribution in [3.8, 4) is 108 Å². The standard InChI is InChI=1S/C24H26N4O5S.C23H25N3O4S.C18H15N3O5S.C18H17N3O3S.C13H18N2O3.C10H10N2OS/c1-31-18-6-3-16(4-7-18)20-15-34-24(26-20)27-23(30)17-5-8-19(21(13-17)32-2)25-14-22(29)28-9-11-33-12-10-28;1-28-19-6-2-17(3-7-19)21-16-31-23(24-21)25-22(27)18-4-8-20(9-5-18)30-15-12-26-10-13-29-14-11-26;1-25-13-6-3-11(4-7-13)14-10-27-18(19-14)20-17(22)12-5-8-15(21(23)24)16(9-12)26-2;1-23-13-6-3-11(4-7-13)15-10-25-18(20-15)21-17(22)12-5-8-14(19)16(9-12)24-2;16-13(17)11-1-3-12(4-2-11)14-5-6-15-7-9-18-10-8-15;1-13-8-4-2-7(3-5-8)9-6-14-10(11)12-9/h3-8,13,15,25H,9-12,14H2,1-2H3,(H,26,27,30);2-9,16H,10-15H2,1H3,(H,24,25,27);3-10H,1-2H3,(H,19,20,22);3-10H,19H2,1-2H3,(H,20,21,22);1-4,14H,5-10H2,(H,16,17);2-6H,1H3,(H2,11,12). The summed E-state index contributed by atoms with van der Waals surface area (Å²) in [5, 5.41) is 49.3. The molecule has 11 N–H and O–H groups in total. The number of thiazole rings is 5. The van der Waals surface area contributed by atoms with E-state index >= 15 is 0 Å². The van der Waals surface area contributed by atoms with Crippen LogP contribution in [0.25, 0.3) is 56.3 Å². The average Bonchev–Trinajstić information content (AvgIpc) is 1.73. The molecule has 0 bridgehead atoms. The summed E-state index contributed by atoms with van der Waals surface area (Å²) in [6.45, 7) is 12.8. The lowest BCUT2D eigenvalue weighted by Crippen LogP contribution is -2.43. The van der Waals surface area contributed by atoms with Gasteiger partial charge in [-0.05, 0) is 212 Å². The minimum absolute atomic E-state index is 0.0105. The normalized spacial score (nSPS) is 12.5. The van der Waals surface area contributed by atoms with Crippen LogP contribution in [0.5, 0.6) is 51.7 Å². The smallest absolute Gasteiger partial charge is 0.335 e. The van der Waals surface area contributed by atoms with Gasteiger partial charge in [-0.3, -0.25) is 65.2 Å². The zero-order chi connectivity index (χ0) is 105. The SMILES string of the molecule is COc1ccc(-c2csc(N)n2)cc1.COc1ccc(-c2csc(NC(=O)c3ccc(N)c(OC)c3)n2)cc1.COc1ccc(-c2csc(NC(=O)c3ccc(NCC(=O)N4CCOCC4)c(OC)c3)n2)cc1.COc1ccc(-c2csc(NC(=O)c3ccc(OCCN4CCOCC4)cc3)n2)cc1.COc1ccc(-c2csc(NC(=O)c3ccc([N+](=O)[O-])c(OC)c3)n2)cc1.O=C(O)c1ccc(NCCN2CCOCC2)cc1. The molecule has 0 radical (unpaired) electrons. The summed E-state index contributed by atoms with van der Waals surface area (Å²) < 4.78 is 63.0. The minimum Gasteiger partial charge on any atom is -0.497 e. The van der Waals surface area contributed by atoms with Crippen molar-refractivity contribution < 1.29 is 95.6 Å². The quantitative estimate of drug-likeness (QED) is 0.0103. The van der Waals surface area contributed by atoms with Gasteiger partial charge in [-0.2, -0.15) is 0 Å². The fourth-order valence-corrected chi connectivity index (χ4v) is 17.8. The Kier molecular flexibility index (Phi) is 41.7. The molecule has 0 unspecified atom stereocenters. The number of ether oxygens (including phenoxy) is 12. The number of carboxylic acids is 1. The third kappa shape index (κ3) is 33.1. The zero-order valence-electron chi connectivity index (χ0n) is 82.6. The molecule has 18 rings (SSSR count). The average molecular weight is 2120 g/mol. The first kappa shape index (κ1) is 110. The van der Waals surface area contributed by atoms with E-state index in [0.717, 1.165) is 169 Å². The number of carbonyl (C=O) groups is 6. The largest absolute Gasteiger partial charge is 0.497 e. The number of nitrogens with one attached hydrogen (secondary N) is 6. The number of nitrogen functional groups attached to an aromatic ring is 2. The molecule has 0 spiro atoms. The molecule has 43 heteroatoms. The van der Waals surface area contributed by atoms with Gasteiger partial charge in [0.25, 0.3) is 23.6 Å². The fraction of sp³-hybridized carbons (Fsp3) is 0.236. The first-order valence-electron chi connectivity index (χ1n) is 46.4. The van der Waals surface area contributed by atoms with Crippen LogP contribution in [0.15, 0.2) is 251 Å². The van der Waals surface area contributed by atoms with E-state index in [2.05, 4.69) is 66.6 Å². The van der Waals surface area contributed by atoms with Crippen LogP contribution in [-0.4, -0.2) is 254 Å². The zero-order valence-corrected chi connectivity index (χ0v) is 86.7. The predicted octanol–water partition coefficient (Wildman–Crippen LogP) is 18.3. The van der Waals surface area contributed by atoms with Crippen LogP contribution < -0.4 is 86.0 Å². The Morgan fingerprint density at radius 2 is 0.711 bits per heavy atom. The predicted molar refractivity (Wildman–Crippen MR) is 581 cm³/mol. The van der Waals surface area contributed by atoms with E-state index < -0.39 is 16.8 Å². The molecule has 5 aromatic heterocycles. The van der Waals surface area contributed by atoms with Crippen molar-refractivity contribution in [3.05, 3.63) is 289 Å². The summed E-state index contributed by atoms with van der Waals surface area (Å²) in [6, 6.07) is 65.8. The molecule has 3 saturated heterocycles. The number of nitro groups is 1. The van der Waals surface area contributed by atoms with Crippen molar-refractivity contribution in [1.29, 1.82) is 0 Å². The molecule has 5 amide bonds. The monoisotopic (exact) mass is 2120 g/mol. The van der Waals surface area contributed by atoms with Gasteiger partial charge in [0.15, 0.2) is 31.4 Å². The number of carboxylic acid groups (broad SMARTS) is 1. The van der Waals surface area contributed by atoms with Crippen molar-refractivity contribution in [2.45, 2.75) is 0 Å². The van der Waals surface area contributed by atoms with Crippen molar-refractivity contribution in [3.63, 3.8) is 0 Å². The fourth-order valence-electron chi connectivity index (χ4n) is 14.4. The highest BCUT2D eigenvalue weighted by Gasteiger charge is 2.24. The Morgan fingerprint density at radius 1 is 0.376 bits per heavy atom. The van der Waals surface area contributed by atoms with Crippen molar-refractivity contribution >= 4 is 141 Å². The molecule has 776 valence electrons. The van der Waals surface area contributed by atoms with Crippen LogP contribution in [0, 0.1) is 10.1 Å². The van der Waals surface area contributed by atoms with E-state index in [1.54, 1.807) is 113 Å². The molecule has 15 aromatic rings. The number of hydrogen-bond acceptors (Lipinski definition) is 36. The third-order valence-electron chi connectivity index (χ3n) is 22.6. The molecule has 3 aliphatic rings. The number of hydrogen-bond donors (Lipinski definition) is 9. The van der Waals surface area contributed by atoms with Gasteiger partial charge in [0.2, 0.25) is 5.91 Å². The van der Waals surface area contributed by atoms with Gasteiger partial charge in [-0.25, -0.2) is 29.7 Å². The van der Waals surface area contributed by atoms with Crippen molar-refractivity contribution in [1.82, 2.24) is 39.6 Å². The van der Waals surface area contributed by atoms with Crippen molar-refractivity contribution in [2.75, 3.05) is 212 Å². The summed E-state index contributed by atoms with van der Waals surface area (Å²) in [5.41, 5.74) is 24.0. The maximum Gasteiger partial charge on any atom is 0.335 e. The number of aromatic nitrogens is 5. The Hall–Kier alpha value is -16.2. The van der Waals surface area contributed by atoms with Gasteiger partial charge < -0.3 is 88.9 Å². The van der Waals surface area contributed by atoms with E-state index in [4.69, 9.17) is 73.4 Å². The van der Waals surface area contributed by atoms with E-state index in [1.165, 1.54) is 96.2 Å². The van der Waals surface area contributed by atoms with E-state index in [0.29, 0.717) is 104 Å². The van der Waals surface area contributed by atoms with Crippen LogP contribution in [0.2, 0.25) is 0 Å². The van der Waals surface area contributed by atoms with E-state index in [1.807, 2.05) is 160 Å². The number of nitrogens with two attached hydrogens (primary N) is 2. The highest BCUT2D eigenvalue weighted by molar-refractivity contribution is 7.15. The molecule has 3 fully saturated rings. The van der Waals surface area contributed by atoms with Crippen LogP contribution >= 0.6 is 56.7 Å².